The fraction of sp³-hybridized carbons (Fsp3) is 0.357. The smallest absolute Gasteiger partial charge is 0.434 e. The average Bonchev–Trinajstić information content (AvgIpc) is 2.82. The topological polar surface area (TPSA) is 34.1 Å². The van der Waals surface area contributed by atoms with Gasteiger partial charge in [-0.3, -0.25) is 0 Å². The minimum atomic E-state index is -4.42. The van der Waals surface area contributed by atoms with E-state index in [2.05, 4.69) is 10.3 Å². The van der Waals surface area contributed by atoms with Crippen molar-refractivity contribution in [1.82, 2.24) is 10.3 Å². The highest BCUT2D eigenvalue weighted by molar-refractivity contribution is 7.11. The highest BCUT2D eigenvalue weighted by Gasteiger charge is 2.37. The lowest BCUT2D eigenvalue weighted by Crippen LogP contribution is -2.12. The van der Waals surface area contributed by atoms with Crippen molar-refractivity contribution in [1.29, 1.82) is 0 Å². The molecule has 0 aliphatic rings. The molecule has 1 N–H and O–H groups in total. The molecule has 3 nitrogen and oxygen atoms in total. The Bertz CT molecular complexity index is 611. The number of nitrogens with one attached hydrogen (secondary N) is 1. The molecule has 0 unspecified atom stereocenters. The quantitative estimate of drug-likeness (QED) is 0.917. The van der Waals surface area contributed by atoms with Crippen molar-refractivity contribution in [3.05, 3.63) is 45.4 Å². The summed E-state index contributed by atoms with van der Waals surface area (Å²) in [6.07, 6.45) is -4.07. The highest BCUT2D eigenvalue weighted by atomic mass is 32.1. The second kappa shape index (κ2) is 6.44. The normalized spacial score (nSPS) is 11.7. The van der Waals surface area contributed by atoms with Gasteiger partial charge in [-0.1, -0.05) is 12.1 Å². The molecule has 1 aromatic carbocycles. The molecule has 0 atom stereocenters. The van der Waals surface area contributed by atoms with E-state index in [4.69, 9.17) is 4.74 Å². The van der Waals surface area contributed by atoms with Crippen molar-refractivity contribution in [3.8, 4) is 5.75 Å². The van der Waals surface area contributed by atoms with Gasteiger partial charge in [-0.2, -0.15) is 13.2 Å². The van der Waals surface area contributed by atoms with Crippen LogP contribution >= 0.6 is 11.3 Å². The summed E-state index contributed by atoms with van der Waals surface area (Å²) in [4.78, 5) is 3.97. The van der Waals surface area contributed by atoms with Crippen LogP contribution in [0, 0.1) is 0 Å². The van der Waals surface area contributed by atoms with Crippen molar-refractivity contribution in [3.63, 3.8) is 0 Å². The molecular weight excluding hydrogens is 301 g/mol. The Morgan fingerprint density at radius 2 is 2.10 bits per heavy atom. The van der Waals surface area contributed by atoms with Crippen LogP contribution in [0.3, 0.4) is 0 Å². The van der Waals surface area contributed by atoms with E-state index in [0.29, 0.717) is 17.2 Å². The zero-order chi connectivity index (χ0) is 15.5. The summed E-state index contributed by atoms with van der Waals surface area (Å²) in [7, 11) is 3.16. The summed E-state index contributed by atoms with van der Waals surface area (Å²) < 4.78 is 43.9. The Labute approximate surface area is 124 Å². The second-order valence-corrected chi connectivity index (χ2v) is 5.60. The summed E-state index contributed by atoms with van der Waals surface area (Å²) in [5.41, 5.74) is 0.0765. The third-order valence-electron chi connectivity index (χ3n) is 2.84. The SMILES string of the molecule is CNCc1sc(Cc2cccc(OC)c2)nc1C(F)(F)F. The third-order valence-corrected chi connectivity index (χ3v) is 3.89. The zero-order valence-corrected chi connectivity index (χ0v) is 12.4. The Hall–Kier alpha value is -1.60. The number of aromatic nitrogens is 1. The number of alkyl halides is 3. The van der Waals surface area contributed by atoms with Crippen LogP contribution in [0.25, 0.3) is 0 Å². The maximum absolute atomic E-state index is 12.9. The number of methoxy groups -OCH3 is 1. The van der Waals surface area contributed by atoms with E-state index < -0.39 is 11.9 Å². The summed E-state index contributed by atoms with van der Waals surface area (Å²) >= 11 is 1.08. The van der Waals surface area contributed by atoms with E-state index in [9.17, 15) is 13.2 Å². The molecule has 1 heterocycles. The molecule has 0 bridgehead atoms. The number of ether oxygens (including phenoxy) is 1. The second-order valence-electron chi connectivity index (χ2n) is 4.44. The fourth-order valence-electron chi connectivity index (χ4n) is 1.93. The Balaban J connectivity index is 2.27. The Morgan fingerprint density at radius 3 is 2.71 bits per heavy atom. The van der Waals surface area contributed by atoms with E-state index in [1.165, 1.54) is 0 Å². The Kier molecular flexibility index (Phi) is 4.84. The summed E-state index contributed by atoms with van der Waals surface area (Å²) in [6.45, 7) is 0.157. The minimum Gasteiger partial charge on any atom is -0.497 e. The average molecular weight is 316 g/mol. The van der Waals surface area contributed by atoms with Gasteiger partial charge in [0.1, 0.15) is 5.75 Å². The first kappa shape index (κ1) is 15.8. The molecule has 0 saturated carbocycles. The van der Waals surface area contributed by atoms with Gasteiger partial charge in [0, 0.05) is 13.0 Å². The molecule has 0 amide bonds. The molecule has 7 heteroatoms. The van der Waals surface area contributed by atoms with E-state index in [1.54, 1.807) is 32.4 Å². The van der Waals surface area contributed by atoms with Gasteiger partial charge in [0.25, 0.3) is 0 Å². The van der Waals surface area contributed by atoms with Crippen molar-refractivity contribution in [2.75, 3.05) is 14.2 Å². The molecule has 0 saturated heterocycles. The van der Waals surface area contributed by atoms with Crippen molar-refractivity contribution < 1.29 is 17.9 Å². The van der Waals surface area contributed by atoms with E-state index in [0.717, 1.165) is 16.9 Å². The summed E-state index contributed by atoms with van der Waals surface area (Å²) in [6, 6.07) is 7.24. The van der Waals surface area contributed by atoms with Crippen LogP contribution in [-0.4, -0.2) is 19.1 Å². The van der Waals surface area contributed by atoms with Gasteiger partial charge in [-0.05, 0) is 24.7 Å². The van der Waals surface area contributed by atoms with Crippen molar-refractivity contribution >= 4 is 11.3 Å². The number of hydrogen-bond acceptors (Lipinski definition) is 4. The number of halogens is 3. The van der Waals surface area contributed by atoms with Crippen molar-refractivity contribution in [2.24, 2.45) is 0 Å². The largest absolute Gasteiger partial charge is 0.497 e. The van der Waals surface area contributed by atoms with E-state index in [-0.39, 0.29) is 11.4 Å². The minimum absolute atomic E-state index is 0.157. The molecule has 0 spiro atoms. The number of rotatable bonds is 5. The first-order valence-electron chi connectivity index (χ1n) is 6.27. The van der Waals surface area contributed by atoms with Crippen LogP contribution < -0.4 is 10.1 Å². The van der Waals surface area contributed by atoms with Gasteiger partial charge in [0.15, 0.2) is 5.69 Å². The Morgan fingerprint density at radius 1 is 1.33 bits per heavy atom. The highest BCUT2D eigenvalue weighted by Crippen LogP contribution is 2.35. The van der Waals surface area contributed by atoms with E-state index >= 15 is 0 Å². The first-order valence-corrected chi connectivity index (χ1v) is 7.09. The standard InChI is InChI=1S/C14H15F3N2OS/c1-18-8-11-13(14(15,16)17)19-12(21-11)7-9-4-3-5-10(6-9)20-2/h3-6,18H,7-8H2,1-2H3. The molecule has 1 aromatic heterocycles. The van der Waals surface area contributed by atoms with Crippen LogP contribution in [0.15, 0.2) is 24.3 Å². The summed E-state index contributed by atoms with van der Waals surface area (Å²) in [5, 5.41) is 3.19. The molecule has 21 heavy (non-hydrogen) atoms. The predicted octanol–water partition coefficient (Wildman–Crippen LogP) is 3.48. The molecule has 114 valence electrons. The van der Waals surface area contributed by atoms with E-state index in [1.807, 2.05) is 6.07 Å². The van der Waals surface area contributed by atoms with Gasteiger partial charge in [0.2, 0.25) is 0 Å². The van der Waals surface area contributed by atoms with Gasteiger partial charge < -0.3 is 10.1 Å². The number of hydrogen-bond donors (Lipinski definition) is 1. The van der Waals surface area contributed by atoms with Gasteiger partial charge in [0.05, 0.1) is 17.0 Å². The van der Waals surface area contributed by atoms with Gasteiger partial charge in [-0.15, -0.1) is 11.3 Å². The molecule has 0 aliphatic heterocycles. The van der Waals surface area contributed by atoms with Crippen LogP contribution in [0.5, 0.6) is 5.75 Å². The predicted molar refractivity (Wildman–Crippen MR) is 75.7 cm³/mol. The lowest BCUT2D eigenvalue weighted by atomic mass is 10.1. The van der Waals surface area contributed by atoms with Gasteiger partial charge in [-0.25, -0.2) is 4.98 Å². The zero-order valence-electron chi connectivity index (χ0n) is 11.6. The molecule has 0 fully saturated rings. The fourth-order valence-corrected chi connectivity index (χ4v) is 3.07. The summed E-state index contributed by atoms with van der Waals surface area (Å²) in [5.74, 6) is 0.676. The number of thiazole rings is 1. The first-order chi connectivity index (χ1) is 9.94. The third kappa shape index (κ3) is 3.95. The molecule has 2 aromatic rings. The van der Waals surface area contributed by atoms with Crippen LogP contribution in [0.4, 0.5) is 13.2 Å². The molecule has 0 radical (unpaired) electrons. The number of nitrogens with zero attached hydrogens (tertiary/aromatic N) is 1. The monoisotopic (exact) mass is 316 g/mol. The molecular formula is C14H15F3N2OS. The van der Waals surface area contributed by atoms with Crippen molar-refractivity contribution in [2.45, 2.75) is 19.1 Å². The maximum Gasteiger partial charge on any atom is 0.434 e. The maximum atomic E-state index is 12.9. The van der Waals surface area contributed by atoms with Gasteiger partial charge >= 0.3 is 6.18 Å². The lowest BCUT2D eigenvalue weighted by Gasteiger charge is -2.05. The molecule has 2 rings (SSSR count). The van der Waals surface area contributed by atoms with Crippen LogP contribution in [0.1, 0.15) is 21.1 Å². The number of benzene rings is 1. The van der Waals surface area contributed by atoms with Crippen LogP contribution in [0.2, 0.25) is 0 Å². The lowest BCUT2D eigenvalue weighted by molar-refractivity contribution is -0.141. The van der Waals surface area contributed by atoms with Crippen LogP contribution in [-0.2, 0) is 19.1 Å². The molecule has 0 aliphatic carbocycles.